The van der Waals surface area contributed by atoms with E-state index < -0.39 is 38.2 Å². The highest BCUT2D eigenvalue weighted by Gasteiger charge is 2.49. The van der Waals surface area contributed by atoms with Crippen molar-refractivity contribution in [3.05, 3.63) is 96.2 Å². The molecule has 1 heterocycles. The number of para-hydroxylation sites is 1. The van der Waals surface area contributed by atoms with E-state index in [1.807, 2.05) is 51.5 Å². The molecule has 1 aromatic heterocycles. The van der Waals surface area contributed by atoms with Crippen molar-refractivity contribution < 1.29 is 39.0 Å². The summed E-state index contributed by atoms with van der Waals surface area (Å²) in [5.74, 6) is -1.62. The summed E-state index contributed by atoms with van der Waals surface area (Å²) in [7, 11) is -4.16. The molecule has 0 bridgehead atoms. The molecule has 0 spiro atoms. The van der Waals surface area contributed by atoms with Gasteiger partial charge in [0.15, 0.2) is 0 Å². The van der Waals surface area contributed by atoms with Gasteiger partial charge in [-0.25, -0.2) is 13.2 Å². The Labute approximate surface area is 248 Å². The van der Waals surface area contributed by atoms with Crippen LogP contribution in [0.1, 0.15) is 11.1 Å². The van der Waals surface area contributed by atoms with Crippen LogP contribution < -0.4 is 4.48 Å². The molecule has 43 heavy (non-hydrogen) atoms. The predicted octanol–water partition coefficient (Wildman–Crippen LogP) is 4.66. The molecule has 14 heteroatoms. The molecule has 230 valence electrons. The standard InChI is InChI=1S/C29H31F3N3O6S2/c1-35(2,3)24-13-15-25(16-14-24)42(37,38)34(19-22-9-5-4-6-10-22)18-17-23-20-33(27-12-8-7-11-26(23)27)21-28(36)41-43(39,40)29(30,31)32/h4-16,20H,17-19,21H2,1-3H3/q+1. The van der Waals surface area contributed by atoms with Gasteiger partial charge in [-0.15, -0.1) is 0 Å². The molecule has 0 saturated heterocycles. The van der Waals surface area contributed by atoms with E-state index in [0.29, 0.717) is 20.9 Å². The lowest BCUT2D eigenvalue weighted by Crippen LogP contribution is -2.35. The third kappa shape index (κ3) is 7.44. The maximum absolute atomic E-state index is 13.9. The van der Waals surface area contributed by atoms with Crippen LogP contribution in [0.2, 0.25) is 0 Å². The first-order valence-electron chi connectivity index (χ1n) is 13.1. The molecule has 0 aliphatic heterocycles. The topological polar surface area (TPSA) is 103 Å². The highest BCUT2D eigenvalue weighted by molar-refractivity contribution is 7.89. The molecule has 0 saturated carbocycles. The number of quaternary nitrogens is 1. The number of benzene rings is 3. The quantitative estimate of drug-likeness (QED) is 0.135. The van der Waals surface area contributed by atoms with Crippen LogP contribution >= 0.6 is 0 Å². The second kappa shape index (κ2) is 12.1. The first kappa shape index (κ1) is 32.2. The molecular formula is C29H31F3N3O6S2+. The second-order valence-electron chi connectivity index (χ2n) is 10.7. The number of carbonyl (C=O) groups is 1. The molecule has 0 unspecified atom stereocenters. The lowest BCUT2D eigenvalue weighted by atomic mass is 10.1. The van der Waals surface area contributed by atoms with E-state index in [1.165, 1.54) is 15.1 Å². The van der Waals surface area contributed by atoms with Crippen molar-refractivity contribution in [3.63, 3.8) is 0 Å². The number of fused-ring (bicyclic) bond motifs is 1. The molecule has 0 radical (unpaired) electrons. The summed E-state index contributed by atoms with van der Waals surface area (Å²) in [6.07, 6.45) is 1.67. The van der Waals surface area contributed by atoms with Crippen molar-refractivity contribution in [2.24, 2.45) is 0 Å². The molecule has 4 rings (SSSR count). The van der Waals surface area contributed by atoms with Gasteiger partial charge < -0.3 is 8.75 Å². The third-order valence-electron chi connectivity index (χ3n) is 6.74. The number of rotatable bonds is 11. The number of hydrogen-bond donors (Lipinski definition) is 0. The smallest absolute Gasteiger partial charge is 0.337 e. The average Bonchev–Trinajstić information content (AvgIpc) is 3.27. The maximum Gasteiger partial charge on any atom is 0.534 e. The van der Waals surface area contributed by atoms with E-state index in [-0.39, 0.29) is 24.4 Å². The second-order valence-corrected chi connectivity index (χ2v) is 14.2. The Morgan fingerprint density at radius 2 is 1.49 bits per heavy atom. The average molecular weight is 639 g/mol. The van der Waals surface area contributed by atoms with Crippen LogP contribution in [-0.4, -0.2) is 64.9 Å². The van der Waals surface area contributed by atoms with Gasteiger partial charge in [0.25, 0.3) is 0 Å². The van der Waals surface area contributed by atoms with Crippen LogP contribution in [0.3, 0.4) is 0 Å². The van der Waals surface area contributed by atoms with E-state index in [4.69, 9.17) is 0 Å². The van der Waals surface area contributed by atoms with Gasteiger partial charge in [-0.3, -0.25) is 4.48 Å². The molecule has 0 amide bonds. The summed E-state index contributed by atoms with van der Waals surface area (Å²) < 4.78 is 95.2. The van der Waals surface area contributed by atoms with E-state index in [9.17, 15) is 34.8 Å². The van der Waals surface area contributed by atoms with Crippen LogP contribution in [0.25, 0.3) is 10.9 Å². The Kier molecular flexibility index (Phi) is 9.07. The summed E-state index contributed by atoms with van der Waals surface area (Å²) in [4.78, 5) is 12.3. The first-order chi connectivity index (χ1) is 20.0. The van der Waals surface area contributed by atoms with E-state index in [2.05, 4.69) is 4.18 Å². The van der Waals surface area contributed by atoms with Crippen molar-refractivity contribution in [2.45, 2.75) is 29.9 Å². The molecule has 0 fully saturated rings. The monoisotopic (exact) mass is 638 g/mol. The van der Waals surface area contributed by atoms with Gasteiger partial charge in [-0.1, -0.05) is 48.5 Å². The van der Waals surface area contributed by atoms with Crippen LogP contribution in [0, 0.1) is 0 Å². The molecular weight excluding hydrogens is 607 g/mol. The first-order valence-corrected chi connectivity index (χ1v) is 15.9. The fourth-order valence-electron chi connectivity index (χ4n) is 4.52. The van der Waals surface area contributed by atoms with Gasteiger partial charge in [-0.2, -0.15) is 25.9 Å². The molecule has 0 aliphatic carbocycles. The predicted molar refractivity (Wildman–Crippen MR) is 157 cm³/mol. The fraction of sp³-hybridized carbons (Fsp3) is 0.276. The maximum atomic E-state index is 13.9. The van der Waals surface area contributed by atoms with Crippen LogP contribution in [0.4, 0.5) is 18.9 Å². The number of hydrogen-bond acceptors (Lipinski definition) is 6. The van der Waals surface area contributed by atoms with Gasteiger partial charge in [-0.05, 0) is 35.7 Å². The summed E-state index contributed by atoms with van der Waals surface area (Å²) in [5, 5.41) is 0.623. The highest BCUT2D eigenvalue weighted by Crippen LogP contribution is 2.28. The molecule has 3 aromatic carbocycles. The van der Waals surface area contributed by atoms with Crippen LogP contribution in [-0.2, 0) is 48.6 Å². The van der Waals surface area contributed by atoms with Gasteiger partial charge in [0.1, 0.15) is 12.2 Å². The van der Waals surface area contributed by atoms with E-state index in [1.54, 1.807) is 48.5 Å². The van der Waals surface area contributed by atoms with Crippen molar-refractivity contribution in [3.8, 4) is 0 Å². The van der Waals surface area contributed by atoms with Gasteiger partial charge in [0, 0.05) is 42.3 Å². The molecule has 0 N–H and O–H groups in total. The Morgan fingerprint density at radius 1 is 0.884 bits per heavy atom. The SMILES string of the molecule is C[N+](C)(C)c1ccc(S(=O)(=O)N(CCc2cn(CC(=O)OS(=O)(=O)C(F)(F)F)c3ccccc23)Cc2ccccc2)cc1. The van der Waals surface area contributed by atoms with Crippen LogP contribution in [0.15, 0.2) is 90.0 Å². The van der Waals surface area contributed by atoms with Crippen molar-refractivity contribution >= 4 is 42.7 Å². The third-order valence-corrected chi connectivity index (χ3v) is 9.57. The molecule has 0 aliphatic rings. The summed E-state index contributed by atoms with van der Waals surface area (Å²) in [5.41, 5.74) is -3.01. The summed E-state index contributed by atoms with van der Waals surface area (Å²) >= 11 is 0. The minimum atomic E-state index is -6.11. The lowest BCUT2D eigenvalue weighted by Gasteiger charge is -2.25. The highest BCUT2D eigenvalue weighted by atomic mass is 32.2. The number of carbonyl (C=O) groups excluding carboxylic acids is 1. The number of halogens is 3. The largest absolute Gasteiger partial charge is 0.534 e. The van der Waals surface area contributed by atoms with Gasteiger partial charge >= 0.3 is 21.6 Å². The Bertz CT molecular complexity index is 1820. The number of alkyl halides is 3. The minimum absolute atomic E-state index is 0.0369. The number of aromatic nitrogens is 1. The fourth-order valence-corrected chi connectivity index (χ4v) is 6.34. The zero-order chi connectivity index (χ0) is 31.6. The zero-order valence-corrected chi connectivity index (χ0v) is 25.3. The van der Waals surface area contributed by atoms with Gasteiger partial charge in [0.05, 0.1) is 26.0 Å². The molecule has 9 nitrogen and oxygen atoms in total. The van der Waals surface area contributed by atoms with Gasteiger partial charge in [0.2, 0.25) is 10.0 Å². The van der Waals surface area contributed by atoms with Crippen molar-refractivity contribution in [2.75, 3.05) is 27.7 Å². The summed E-state index contributed by atoms with van der Waals surface area (Å²) in [6.45, 7) is -0.684. The Morgan fingerprint density at radius 3 is 2.09 bits per heavy atom. The van der Waals surface area contributed by atoms with Crippen molar-refractivity contribution in [1.29, 1.82) is 0 Å². The molecule has 4 aromatic rings. The number of nitrogens with zero attached hydrogens (tertiary/aromatic N) is 3. The van der Waals surface area contributed by atoms with E-state index >= 15 is 0 Å². The Balaban J connectivity index is 1.63. The normalized spacial score (nSPS) is 13.0. The number of sulfonamides is 1. The summed E-state index contributed by atoms with van der Waals surface area (Å²) in [6, 6.07) is 22.4. The lowest BCUT2D eigenvalue weighted by molar-refractivity contribution is -0.136. The van der Waals surface area contributed by atoms with E-state index in [0.717, 1.165) is 11.3 Å². The zero-order valence-electron chi connectivity index (χ0n) is 23.7. The minimum Gasteiger partial charge on any atom is -0.337 e. The Hall–Kier alpha value is -3.72. The molecule has 0 atom stereocenters. The van der Waals surface area contributed by atoms with Crippen molar-refractivity contribution in [1.82, 2.24) is 13.4 Å². The van der Waals surface area contributed by atoms with Crippen LogP contribution in [0.5, 0.6) is 0 Å².